The van der Waals surface area contributed by atoms with Gasteiger partial charge in [-0.05, 0) is 49.9 Å². The zero-order valence-corrected chi connectivity index (χ0v) is 16.4. The predicted octanol–water partition coefficient (Wildman–Crippen LogP) is 2.94. The molecule has 8 heteroatoms. The third-order valence-corrected chi connectivity index (χ3v) is 5.80. The van der Waals surface area contributed by atoms with E-state index in [2.05, 4.69) is 10.3 Å². The Bertz CT molecular complexity index is 910. The monoisotopic (exact) mass is 415 g/mol. The molecule has 6 nitrogen and oxygen atoms in total. The van der Waals surface area contributed by atoms with Crippen molar-refractivity contribution in [3.8, 4) is 0 Å². The summed E-state index contributed by atoms with van der Waals surface area (Å²) in [5.74, 6) is -2.19. The molecule has 1 aromatic carbocycles. The van der Waals surface area contributed by atoms with E-state index in [1.807, 2.05) is 0 Å². The number of ether oxygens (including phenoxy) is 1. The number of carbonyl (C=O) groups is 2. The number of likely N-dealkylation sites (tertiary alicyclic amines) is 1. The lowest BCUT2D eigenvalue weighted by Gasteiger charge is -2.39. The highest BCUT2D eigenvalue weighted by atomic mass is 19.1. The molecule has 4 rings (SSSR count). The van der Waals surface area contributed by atoms with E-state index in [0.29, 0.717) is 18.8 Å². The molecular formula is C22H23F2N3O3. The Morgan fingerprint density at radius 3 is 2.53 bits per heavy atom. The van der Waals surface area contributed by atoms with E-state index >= 15 is 0 Å². The van der Waals surface area contributed by atoms with Crippen LogP contribution in [0, 0.1) is 11.6 Å². The molecule has 1 unspecified atom stereocenters. The lowest BCUT2D eigenvalue weighted by atomic mass is 9.88. The Balaban J connectivity index is 1.27. The van der Waals surface area contributed by atoms with Gasteiger partial charge in [-0.2, -0.15) is 0 Å². The summed E-state index contributed by atoms with van der Waals surface area (Å²) < 4.78 is 32.8. The smallest absolute Gasteiger partial charge is 0.272 e. The lowest BCUT2D eigenvalue weighted by molar-refractivity contribution is -0.0712. The molecule has 1 N–H and O–H groups in total. The van der Waals surface area contributed by atoms with Crippen LogP contribution in [0.25, 0.3) is 0 Å². The second-order valence-corrected chi connectivity index (χ2v) is 7.84. The molecule has 1 spiro atoms. The summed E-state index contributed by atoms with van der Waals surface area (Å²) in [6, 6.07) is 8.02. The summed E-state index contributed by atoms with van der Waals surface area (Å²) >= 11 is 0. The largest absolute Gasteiger partial charge is 0.370 e. The summed E-state index contributed by atoms with van der Waals surface area (Å²) in [5.41, 5.74) is 0.0954. The van der Waals surface area contributed by atoms with Gasteiger partial charge in [-0.25, -0.2) is 8.78 Å². The Morgan fingerprint density at radius 1 is 1.13 bits per heavy atom. The van der Waals surface area contributed by atoms with Crippen LogP contribution in [0.3, 0.4) is 0 Å². The molecule has 2 saturated heterocycles. The lowest BCUT2D eigenvalue weighted by Crippen LogP contribution is -2.47. The molecule has 0 saturated carbocycles. The highest BCUT2D eigenvalue weighted by Gasteiger charge is 2.43. The van der Waals surface area contributed by atoms with Crippen molar-refractivity contribution in [1.29, 1.82) is 0 Å². The fraction of sp³-hybridized carbons (Fsp3) is 0.409. The number of halogens is 2. The van der Waals surface area contributed by atoms with Crippen molar-refractivity contribution in [2.24, 2.45) is 0 Å². The van der Waals surface area contributed by atoms with E-state index < -0.39 is 17.5 Å². The van der Waals surface area contributed by atoms with Gasteiger partial charge in [0, 0.05) is 37.5 Å². The van der Waals surface area contributed by atoms with Gasteiger partial charge in [0.15, 0.2) is 0 Å². The van der Waals surface area contributed by atoms with Crippen LogP contribution in [0.4, 0.5) is 8.78 Å². The maximum atomic E-state index is 13.3. The van der Waals surface area contributed by atoms with Gasteiger partial charge < -0.3 is 15.0 Å². The average molecular weight is 415 g/mol. The van der Waals surface area contributed by atoms with Gasteiger partial charge in [0.25, 0.3) is 11.8 Å². The van der Waals surface area contributed by atoms with Crippen LogP contribution in [-0.4, -0.2) is 53.0 Å². The van der Waals surface area contributed by atoms with Crippen LogP contribution in [0.15, 0.2) is 42.6 Å². The molecule has 0 bridgehead atoms. The quantitative estimate of drug-likeness (QED) is 0.834. The molecule has 2 aromatic rings. The van der Waals surface area contributed by atoms with Crippen LogP contribution in [-0.2, 0) is 4.74 Å². The van der Waals surface area contributed by atoms with E-state index in [1.165, 1.54) is 0 Å². The maximum absolute atomic E-state index is 13.3. The Morgan fingerprint density at radius 2 is 1.87 bits per heavy atom. The van der Waals surface area contributed by atoms with Crippen molar-refractivity contribution in [2.45, 2.75) is 37.4 Å². The normalized spacial score (nSPS) is 20.3. The highest BCUT2D eigenvalue weighted by molar-refractivity contribution is 5.94. The van der Waals surface area contributed by atoms with Crippen molar-refractivity contribution in [1.82, 2.24) is 15.2 Å². The molecule has 0 radical (unpaired) electrons. The summed E-state index contributed by atoms with van der Waals surface area (Å²) in [7, 11) is 0. The van der Waals surface area contributed by atoms with Gasteiger partial charge in [-0.1, -0.05) is 6.07 Å². The first-order valence-corrected chi connectivity index (χ1v) is 10.1. The number of amides is 2. The van der Waals surface area contributed by atoms with E-state index in [4.69, 9.17) is 4.74 Å². The molecule has 30 heavy (non-hydrogen) atoms. The van der Waals surface area contributed by atoms with Crippen LogP contribution < -0.4 is 5.32 Å². The topological polar surface area (TPSA) is 71.5 Å². The summed E-state index contributed by atoms with van der Waals surface area (Å²) in [4.78, 5) is 30.6. The molecular weight excluding hydrogens is 392 g/mol. The van der Waals surface area contributed by atoms with Crippen molar-refractivity contribution >= 4 is 11.8 Å². The highest BCUT2D eigenvalue weighted by Crippen LogP contribution is 2.39. The molecule has 2 aliphatic heterocycles. The fourth-order valence-corrected chi connectivity index (χ4v) is 4.17. The number of hydrogen-bond donors (Lipinski definition) is 1. The minimum Gasteiger partial charge on any atom is -0.370 e. The first-order chi connectivity index (χ1) is 14.4. The molecule has 3 heterocycles. The van der Waals surface area contributed by atoms with Crippen molar-refractivity contribution in [3.05, 3.63) is 65.5 Å². The van der Waals surface area contributed by atoms with Gasteiger partial charge in [0.1, 0.15) is 17.3 Å². The molecule has 158 valence electrons. The predicted molar refractivity (Wildman–Crippen MR) is 105 cm³/mol. The number of carbonyl (C=O) groups excluding carboxylic acids is 2. The van der Waals surface area contributed by atoms with E-state index in [1.54, 1.807) is 29.3 Å². The Labute approximate surface area is 173 Å². The third kappa shape index (κ3) is 4.48. The van der Waals surface area contributed by atoms with Gasteiger partial charge in [0.2, 0.25) is 0 Å². The van der Waals surface area contributed by atoms with E-state index in [0.717, 1.165) is 43.9 Å². The van der Waals surface area contributed by atoms with Gasteiger partial charge >= 0.3 is 0 Å². The number of piperidine rings is 1. The molecule has 1 atom stereocenters. The third-order valence-electron chi connectivity index (χ3n) is 5.80. The minimum absolute atomic E-state index is 0.0541. The standard InChI is InChI=1S/C22H23F2N3O3/c23-16-11-15(12-17(24)13-16)20(28)26-14-18-4-5-22(30-18)6-9-27(10-7-22)21(29)19-3-1-2-8-25-19/h1-3,8,11-13,18H,4-7,9-10,14H2,(H,26,28). The number of pyridine rings is 1. The van der Waals surface area contributed by atoms with E-state index in [-0.39, 0.29) is 29.7 Å². The summed E-state index contributed by atoms with van der Waals surface area (Å²) in [5, 5.41) is 2.70. The number of rotatable bonds is 4. The molecule has 2 amide bonds. The van der Waals surface area contributed by atoms with Crippen LogP contribution in [0.5, 0.6) is 0 Å². The number of nitrogens with zero attached hydrogens (tertiary/aromatic N) is 2. The minimum atomic E-state index is -0.789. The van der Waals surface area contributed by atoms with Gasteiger partial charge in [-0.3, -0.25) is 14.6 Å². The van der Waals surface area contributed by atoms with Crippen LogP contribution in [0.2, 0.25) is 0 Å². The molecule has 1 aromatic heterocycles. The van der Waals surface area contributed by atoms with Crippen molar-refractivity contribution in [3.63, 3.8) is 0 Å². The average Bonchev–Trinajstić information content (AvgIpc) is 3.14. The van der Waals surface area contributed by atoms with Gasteiger partial charge in [-0.15, -0.1) is 0 Å². The Hall–Kier alpha value is -2.87. The second-order valence-electron chi connectivity index (χ2n) is 7.84. The molecule has 2 aliphatic rings. The zero-order chi connectivity index (χ0) is 21.1. The number of benzene rings is 1. The summed E-state index contributed by atoms with van der Waals surface area (Å²) in [6.45, 7) is 1.46. The van der Waals surface area contributed by atoms with Gasteiger partial charge in [0.05, 0.1) is 11.7 Å². The SMILES string of the molecule is O=C(NCC1CCC2(CCN(C(=O)c3ccccn3)CC2)O1)c1cc(F)cc(F)c1. The second kappa shape index (κ2) is 8.47. The first kappa shape index (κ1) is 20.4. The van der Waals surface area contributed by atoms with Crippen LogP contribution >= 0.6 is 0 Å². The zero-order valence-electron chi connectivity index (χ0n) is 16.4. The number of nitrogens with one attached hydrogen (secondary N) is 1. The van der Waals surface area contributed by atoms with Crippen molar-refractivity contribution < 1.29 is 23.1 Å². The summed E-state index contributed by atoms with van der Waals surface area (Å²) in [6.07, 6.45) is 4.54. The van der Waals surface area contributed by atoms with Crippen LogP contribution in [0.1, 0.15) is 46.5 Å². The van der Waals surface area contributed by atoms with Crippen molar-refractivity contribution in [2.75, 3.05) is 19.6 Å². The fourth-order valence-electron chi connectivity index (χ4n) is 4.17. The van der Waals surface area contributed by atoms with E-state index in [9.17, 15) is 18.4 Å². The maximum Gasteiger partial charge on any atom is 0.272 e. The number of hydrogen-bond acceptors (Lipinski definition) is 4. The Kier molecular flexibility index (Phi) is 5.76. The molecule has 2 fully saturated rings. The first-order valence-electron chi connectivity index (χ1n) is 10.1. The molecule has 0 aliphatic carbocycles. The number of aromatic nitrogens is 1.